The number of anilines is 1. The molecule has 0 spiro atoms. The van der Waals surface area contributed by atoms with Crippen LogP contribution >= 0.6 is 0 Å². The van der Waals surface area contributed by atoms with Crippen LogP contribution < -0.4 is 10.1 Å². The molecule has 1 aliphatic rings. The van der Waals surface area contributed by atoms with Crippen LogP contribution in [0.3, 0.4) is 0 Å². The first-order valence-corrected chi connectivity index (χ1v) is 9.45. The highest BCUT2D eigenvalue weighted by Gasteiger charge is 2.41. The van der Waals surface area contributed by atoms with Crippen LogP contribution in [0.15, 0.2) is 24.3 Å². The topological polar surface area (TPSA) is 38.3 Å². The first-order chi connectivity index (χ1) is 11.5. The summed E-state index contributed by atoms with van der Waals surface area (Å²) < 4.78 is 5.18. The molecule has 1 aliphatic carbocycles. The lowest BCUT2D eigenvalue weighted by atomic mass is 9.60. The smallest absolute Gasteiger partial charge is 0.227 e. The average molecular weight is 346 g/mol. The number of rotatable bonds is 3. The fourth-order valence-corrected chi connectivity index (χ4v) is 3.87. The van der Waals surface area contributed by atoms with Crippen LogP contribution in [0.1, 0.15) is 60.8 Å². The summed E-state index contributed by atoms with van der Waals surface area (Å²) >= 11 is 0. The van der Waals surface area contributed by atoms with E-state index in [2.05, 4.69) is 46.9 Å². The predicted molar refractivity (Wildman–Crippen MR) is 105 cm³/mol. The van der Waals surface area contributed by atoms with E-state index >= 15 is 0 Å². The predicted octanol–water partition coefficient (Wildman–Crippen LogP) is 5.76. The zero-order chi connectivity index (χ0) is 18.8. The van der Waals surface area contributed by atoms with Gasteiger partial charge in [-0.15, -0.1) is 0 Å². The summed E-state index contributed by atoms with van der Waals surface area (Å²) in [6.07, 6.45) is 3.19. The Morgan fingerprint density at radius 3 is 1.80 bits per heavy atom. The third-order valence-electron chi connectivity index (χ3n) is 5.88. The largest absolute Gasteiger partial charge is 0.497 e. The van der Waals surface area contributed by atoms with Gasteiger partial charge in [0.2, 0.25) is 5.91 Å². The van der Waals surface area contributed by atoms with Gasteiger partial charge in [0, 0.05) is 11.6 Å². The van der Waals surface area contributed by atoms with Gasteiger partial charge in [-0.1, -0.05) is 41.5 Å². The molecule has 1 saturated carbocycles. The van der Waals surface area contributed by atoms with E-state index in [1.807, 2.05) is 24.3 Å². The number of methoxy groups -OCH3 is 1. The number of amides is 1. The van der Waals surface area contributed by atoms with Gasteiger partial charge in [0.05, 0.1) is 7.11 Å². The van der Waals surface area contributed by atoms with Gasteiger partial charge in [0.25, 0.3) is 0 Å². The van der Waals surface area contributed by atoms with Crippen LogP contribution in [0, 0.1) is 28.6 Å². The normalized spacial score (nSPS) is 24.7. The third-order valence-corrected chi connectivity index (χ3v) is 5.88. The van der Waals surface area contributed by atoms with E-state index in [1.165, 1.54) is 6.42 Å². The van der Waals surface area contributed by atoms with Crippen LogP contribution in [0.25, 0.3) is 0 Å². The summed E-state index contributed by atoms with van der Waals surface area (Å²) in [7, 11) is 1.65. The molecule has 1 aromatic carbocycles. The lowest BCUT2D eigenvalue weighted by Gasteiger charge is -2.45. The van der Waals surface area contributed by atoms with Crippen molar-refractivity contribution in [3.8, 4) is 5.75 Å². The second kappa shape index (κ2) is 7.39. The van der Waals surface area contributed by atoms with E-state index in [-0.39, 0.29) is 22.7 Å². The molecular formula is C22H35NO2. The standard InChI is InChI=1S/C22H35NO2/c1-21(2,3)16-12-15(13-17(14-16)22(4,5)6)20(24)23-18-8-10-19(25-7)11-9-18/h8-11,15-17H,12-14H2,1-7H3,(H,23,24)/t16-,17-/m0/s1. The van der Waals surface area contributed by atoms with Crippen LogP contribution in [0.5, 0.6) is 5.75 Å². The molecule has 1 aromatic rings. The molecule has 1 amide bonds. The molecule has 1 N–H and O–H groups in total. The van der Waals surface area contributed by atoms with Gasteiger partial charge in [-0.2, -0.15) is 0 Å². The third kappa shape index (κ3) is 5.23. The molecule has 0 heterocycles. The van der Waals surface area contributed by atoms with E-state index < -0.39 is 0 Å². The zero-order valence-corrected chi connectivity index (χ0v) is 17.0. The number of carbonyl (C=O) groups is 1. The van der Waals surface area contributed by atoms with Crippen molar-refractivity contribution in [1.29, 1.82) is 0 Å². The average Bonchev–Trinajstić information content (AvgIpc) is 2.53. The van der Waals surface area contributed by atoms with E-state index in [9.17, 15) is 4.79 Å². The molecule has 25 heavy (non-hydrogen) atoms. The molecule has 1 fully saturated rings. The first kappa shape index (κ1) is 19.8. The van der Waals surface area contributed by atoms with Crippen LogP contribution in [0.2, 0.25) is 0 Å². The van der Waals surface area contributed by atoms with Crippen LogP contribution in [-0.2, 0) is 4.79 Å². The minimum atomic E-state index is 0.0873. The van der Waals surface area contributed by atoms with E-state index in [0.29, 0.717) is 11.8 Å². The second-order valence-electron chi connectivity index (χ2n) is 9.75. The summed E-state index contributed by atoms with van der Waals surface area (Å²) in [5, 5.41) is 3.11. The first-order valence-electron chi connectivity index (χ1n) is 9.45. The SMILES string of the molecule is COc1ccc(NC(=O)C2C[C@H](C(C)(C)C)C[C@@H](C(C)(C)C)C2)cc1. The molecule has 0 aliphatic heterocycles. The molecule has 3 nitrogen and oxygen atoms in total. The van der Waals surface area contributed by atoms with Gasteiger partial charge in [0.1, 0.15) is 5.75 Å². The van der Waals surface area contributed by atoms with Crippen molar-refractivity contribution in [3.63, 3.8) is 0 Å². The van der Waals surface area contributed by atoms with Crippen molar-refractivity contribution in [3.05, 3.63) is 24.3 Å². The Morgan fingerprint density at radius 2 is 1.40 bits per heavy atom. The lowest BCUT2D eigenvalue weighted by molar-refractivity contribution is -0.123. The number of carbonyl (C=O) groups excluding carboxylic acids is 1. The number of hydrogen-bond donors (Lipinski definition) is 1. The summed E-state index contributed by atoms with van der Waals surface area (Å²) in [5.74, 6) is 2.21. The van der Waals surface area contributed by atoms with E-state index in [1.54, 1.807) is 7.11 Å². The monoisotopic (exact) mass is 345 g/mol. The Kier molecular flexibility index (Phi) is 5.86. The molecule has 0 bridgehead atoms. The molecule has 0 radical (unpaired) electrons. The Morgan fingerprint density at radius 1 is 0.920 bits per heavy atom. The van der Waals surface area contributed by atoms with E-state index in [4.69, 9.17) is 4.74 Å². The van der Waals surface area contributed by atoms with Crippen molar-refractivity contribution >= 4 is 11.6 Å². The number of benzene rings is 1. The van der Waals surface area contributed by atoms with Gasteiger partial charge >= 0.3 is 0 Å². The highest BCUT2D eigenvalue weighted by Crippen LogP contribution is 2.48. The number of hydrogen-bond acceptors (Lipinski definition) is 2. The Bertz CT molecular complexity index is 556. The quantitative estimate of drug-likeness (QED) is 0.756. The second-order valence-corrected chi connectivity index (χ2v) is 9.75. The molecule has 0 aromatic heterocycles. The minimum absolute atomic E-state index is 0.0873. The van der Waals surface area contributed by atoms with Gasteiger partial charge in [-0.05, 0) is 66.2 Å². The van der Waals surface area contributed by atoms with Gasteiger partial charge < -0.3 is 10.1 Å². The molecule has 140 valence electrons. The van der Waals surface area contributed by atoms with Gasteiger partial charge in [-0.25, -0.2) is 0 Å². The Hall–Kier alpha value is -1.51. The van der Waals surface area contributed by atoms with Crippen molar-refractivity contribution in [1.82, 2.24) is 0 Å². The van der Waals surface area contributed by atoms with Crippen molar-refractivity contribution in [2.45, 2.75) is 60.8 Å². The Balaban J connectivity index is 2.12. The van der Waals surface area contributed by atoms with Crippen LogP contribution in [0.4, 0.5) is 5.69 Å². The van der Waals surface area contributed by atoms with Crippen molar-refractivity contribution < 1.29 is 9.53 Å². The van der Waals surface area contributed by atoms with Gasteiger partial charge in [0.15, 0.2) is 0 Å². The van der Waals surface area contributed by atoms with Crippen molar-refractivity contribution in [2.24, 2.45) is 28.6 Å². The molecule has 0 saturated heterocycles. The van der Waals surface area contributed by atoms with Crippen LogP contribution in [-0.4, -0.2) is 13.0 Å². The molecule has 2 rings (SSSR count). The summed E-state index contributed by atoms with van der Waals surface area (Å²) in [6.45, 7) is 13.8. The highest BCUT2D eigenvalue weighted by molar-refractivity contribution is 5.92. The zero-order valence-electron chi connectivity index (χ0n) is 17.0. The van der Waals surface area contributed by atoms with E-state index in [0.717, 1.165) is 24.3 Å². The number of ether oxygens (including phenoxy) is 1. The maximum Gasteiger partial charge on any atom is 0.227 e. The maximum atomic E-state index is 12.9. The Labute approximate surface area is 153 Å². The fourth-order valence-electron chi connectivity index (χ4n) is 3.87. The van der Waals surface area contributed by atoms with Gasteiger partial charge in [-0.3, -0.25) is 4.79 Å². The summed E-state index contributed by atoms with van der Waals surface area (Å²) in [5.41, 5.74) is 1.32. The highest BCUT2D eigenvalue weighted by atomic mass is 16.5. The molecule has 3 heteroatoms. The summed E-state index contributed by atoms with van der Waals surface area (Å²) in [6, 6.07) is 7.57. The minimum Gasteiger partial charge on any atom is -0.497 e. The fraction of sp³-hybridized carbons (Fsp3) is 0.682. The van der Waals surface area contributed by atoms with Crippen molar-refractivity contribution in [2.75, 3.05) is 12.4 Å². The molecule has 0 unspecified atom stereocenters. The lowest BCUT2D eigenvalue weighted by Crippen LogP contribution is -2.40. The molecule has 2 atom stereocenters. The number of nitrogens with one attached hydrogen (secondary N) is 1. The summed E-state index contributed by atoms with van der Waals surface area (Å²) in [4.78, 5) is 12.9. The molecular weight excluding hydrogens is 310 g/mol. The maximum absolute atomic E-state index is 12.9.